The fourth-order valence-corrected chi connectivity index (χ4v) is 3.34. The van der Waals surface area contributed by atoms with E-state index in [1.807, 2.05) is 12.4 Å². The molecule has 0 radical (unpaired) electrons. The quantitative estimate of drug-likeness (QED) is 0.925. The van der Waals surface area contributed by atoms with Crippen LogP contribution in [0.1, 0.15) is 51.0 Å². The van der Waals surface area contributed by atoms with Crippen LogP contribution in [0.2, 0.25) is 0 Å². The lowest BCUT2D eigenvalue weighted by atomic mass is 9.94. The second kappa shape index (κ2) is 7.38. The molecule has 1 aromatic heterocycles. The minimum Gasteiger partial charge on any atom is -0.393 e. The van der Waals surface area contributed by atoms with Crippen molar-refractivity contribution in [1.82, 2.24) is 9.97 Å². The molecule has 0 unspecified atom stereocenters. The zero-order valence-corrected chi connectivity index (χ0v) is 13.4. The van der Waals surface area contributed by atoms with Gasteiger partial charge in [-0.25, -0.2) is 9.97 Å². The maximum absolute atomic E-state index is 9.55. The number of hydrogen-bond acceptors (Lipinski definition) is 5. The summed E-state index contributed by atoms with van der Waals surface area (Å²) in [6, 6.07) is 0. The van der Waals surface area contributed by atoms with E-state index in [4.69, 9.17) is 4.74 Å². The van der Waals surface area contributed by atoms with Crippen LogP contribution in [0.3, 0.4) is 0 Å². The summed E-state index contributed by atoms with van der Waals surface area (Å²) in [6.45, 7) is 4.04. The summed E-state index contributed by atoms with van der Waals surface area (Å²) in [5.74, 6) is 0.844. The Morgan fingerprint density at radius 3 is 2.23 bits per heavy atom. The highest BCUT2D eigenvalue weighted by Gasteiger charge is 2.26. The summed E-state index contributed by atoms with van der Waals surface area (Å²) in [5.41, 5.74) is 1.18. The summed E-state index contributed by atoms with van der Waals surface area (Å²) >= 11 is 0. The molecule has 1 saturated heterocycles. The van der Waals surface area contributed by atoms with Crippen molar-refractivity contribution in [2.24, 2.45) is 0 Å². The summed E-state index contributed by atoms with van der Waals surface area (Å²) in [7, 11) is 0. The van der Waals surface area contributed by atoms with Crippen LogP contribution >= 0.6 is 0 Å². The van der Waals surface area contributed by atoms with Crippen LogP contribution in [0.4, 0.5) is 5.95 Å². The van der Waals surface area contributed by atoms with Crippen molar-refractivity contribution in [2.45, 2.75) is 70.2 Å². The van der Waals surface area contributed by atoms with Crippen LogP contribution < -0.4 is 4.90 Å². The Morgan fingerprint density at radius 2 is 1.64 bits per heavy atom. The van der Waals surface area contributed by atoms with E-state index in [9.17, 15) is 5.11 Å². The van der Waals surface area contributed by atoms with E-state index < -0.39 is 0 Å². The molecule has 2 aliphatic rings. The number of rotatable bonds is 4. The number of anilines is 1. The van der Waals surface area contributed by atoms with Crippen molar-refractivity contribution in [2.75, 3.05) is 18.0 Å². The Kier molecular flexibility index (Phi) is 5.26. The molecule has 22 heavy (non-hydrogen) atoms. The first kappa shape index (κ1) is 15.7. The molecule has 2 fully saturated rings. The van der Waals surface area contributed by atoms with Crippen LogP contribution in [0.5, 0.6) is 0 Å². The van der Waals surface area contributed by atoms with Crippen molar-refractivity contribution in [3.8, 4) is 0 Å². The fraction of sp³-hybridized carbons (Fsp3) is 0.765. The molecule has 5 heteroatoms. The van der Waals surface area contributed by atoms with E-state index in [0.717, 1.165) is 64.0 Å². The fourth-order valence-electron chi connectivity index (χ4n) is 3.34. The molecule has 1 aliphatic heterocycles. The topological polar surface area (TPSA) is 58.5 Å². The average Bonchev–Trinajstić information content (AvgIpc) is 2.58. The number of nitrogens with zero attached hydrogens (tertiary/aromatic N) is 3. The van der Waals surface area contributed by atoms with Crippen molar-refractivity contribution in [1.29, 1.82) is 0 Å². The van der Waals surface area contributed by atoms with Gasteiger partial charge in [-0.05, 0) is 50.5 Å². The molecule has 122 valence electrons. The SMILES string of the molecule is CCc1cnc(N2CCC(OC3CCC(O)CC3)CC2)nc1. The Labute approximate surface area is 132 Å². The zero-order chi connectivity index (χ0) is 15.4. The number of ether oxygens (including phenoxy) is 1. The number of aryl methyl sites for hydroxylation is 1. The van der Waals surface area contributed by atoms with Gasteiger partial charge in [0.05, 0.1) is 18.3 Å². The van der Waals surface area contributed by atoms with Gasteiger partial charge in [-0.1, -0.05) is 6.92 Å². The highest BCUT2D eigenvalue weighted by atomic mass is 16.5. The predicted octanol–water partition coefficient (Wildman–Crippen LogP) is 2.33. The van der Waals surface area contributed by atoms with Gasteiger partial charge in [0.1, 0.15) is 0 Å². The monoisotopic (exact) mass is 305 g/mol. The minimum absolute atomic E-state index is 0.107. The molecule has 1 aliphatic carbocycles. The Hall–Kier alpha value is -1.20. The van der Waals surface area contributed by atoms with Gasteiger partial charge in [0, 0.05) is 25.5 Å². The van der Waals surface area contributed by atoms with Gasteiger partial charge < -0.3 is 14.7 Å². The molecule has 1 N–H and O–H groups in total. The Bertz CT molecular complexity index is 449. The molecular weight excluding hydrogens is 278 g/mol. The van der Waals surface area contributed by atoms with Crippen LogP contribution in [0.15, 0.2) is 12.4 Å². The van der Waals surface area contributed by atoms with Crippen LogP contribution in [0, 0.1) is 0 Å². The van der Waals surface area contributed by atoms with Crippen LogP contribution in [0.25, 0.3) is 0 Å². The van der Waals surface area contributed by atoms with Gasteiger partial charge in [0.2, 0.25) is 5.95 Å². The van der Waals surface area contributed by atoms with Crippen molar-refractivity contribution >= 4 is 5.95 Å². The zero-order valence-electron chi connectivity index (χ0n) is 13.4. The highest BCUT2D eigenvalue weighted by molar-refractivity contribution is 5.30. The lowest BCUT2D eigenvalue weighted by molar-refractivity contribution is -0.0557. The lowest BCUT2D eigenvalue weighted by Gasteiger charge is -2.35. The molecule has 0 atom stereocenters. The Morgan fingerprint density at radius 1 is 1.05 bits per heavy atom. The largest absolute Gasteiger partial charge is 0.393 e. The van der Waals surface area contributed by atoms with Gasteiger partial charge >= 0.3 is 0 Å². The van der Waals surface area contributed by atoms with Crippen molar-refractivity contribution in [3.63, 3.8) is 0 Å². The van der Waals surface area contributed by atoms with E-state index in [1.165, 1.54) is 5.56 Å². The standard InChI is InChI=1S/C17H27N3O2/c1-2-13-11-18-17(19-12-13)20-9-7-16(8-10-20)22-15-5-3-14(21)4-6-15/h11-12,14-16,21H,2-10H2,1H3. The number of aromatic nitrogens is 2. The molecule has 2 heterocycles. The lowest BCUT2D eigenvalue weighted by Crippen LogP contribution is -2.40. The minimum atomic E-state index is -0.107. The number of aliphatic hydroxyl groups is 1. The van der Waals surface area contributed by atoms with E-state index >= 15 is 0 Å². The Balaban J connectivity index is 1.45. The average molecular weight is 305 g/mol. The molecule has 0 bridgehead atoms. The molecule has 1 aromatic rings. The molecule has 1 saturated carbocycles. The summed E-state index contributed by atoms with van der Waals surface area (Å²) in [4.78, 5) is 11.2. The number of hydrogen-bond donors (Lipinski definition) is 1. The second-order valence-corrected chi connectivity index (χ2v) is 6.50. The molecule has 5 nitrogen and oxygen atoms in total. The van der Waals surface area contributed by atoms with Gasteiger partial charge in [0.15, 0.2) is 0 Å². The first-order chi connectivity index (χ1) is 10.7. The maximum atomic E-state index is 9.55. The summed E-state index contributed by atoms with van der Waals surface area (Å²) in [5, 5.41) is 9.55. The van der Waals surface area contributed by atoms with Gasteiger partial charge in [0.25, 0.3) is 0 Å². The van der Waals surface area contributed by atoms with E-state index in [0.29, 0.717) is 12.2 Å². The molecule has 0 aromatic carbocycles. The molecular formula is C17H27N3O2. The third-order valence-electron chi connectivity index (χ3n) is 4.85. The highest BCUT2D eigenvalue weighted by Crippen LogP contribution is 2.25. The van der Waals surface area contributed by atoms with E-state index in [2.05, 4.69) is 21.8 Å². The third kappa shape index (κ3) is 3.96. The smallest absolute Gasteiger partial charge is 0.225 e. The first-order valence-corrected chi connectivity index (χ1v) is 8.64. The third-order valence-corrected chi connectivity index (χ3v) is 4.85. The number of aliphatic hydroxyl groups excluding tert-OH is 1. The van der Waals surface area contributed by atoms with Crippen LogP contribution in [-0.2, 0) is 11.2 Å². The van der Waals surface area contributed by atoms with E-state index in [1.54, 1.807) is 0 Å². The normalized spacial score (nSPS) is 27.1. The second-order valence-electron chi connectivity index (χ2n) is 6.50. The first-order valence-electron chi connectivity index (χ1n) is 8.64. The summed E-state index contributed by atoms with van der Waals surface area (Å²) in [6.07, 6.45) is 11.3. The van der Waals surface area contributed by atoms with Crippen molar-refractivity contribution in [3.05, 3.63) is 18.0 Å². The van der Waals surface area contributed by atoms with Gasteiger partial charge in [-0.3, -0.25) is 0 Å². The predicted molar refractivity (Wildman–Crippen MR) is 86.0 cm³/mol. The molecule has 3 rings (SSSR count). The van der Waals surface area contributed by atoms with Gasteiger partial charge in [-0.15, -0.1) is 0 Å². The molecule has 0 spiro atoms. The van der Waals surface area contributed by atoms with E-state index in [-0.39, 0.29) is 6.10 Å². The summed E-state index contributed by atoms with van der Waals surface area (Å²) < 4.78 is 6.22. The van der Waals surface area contributed by atoms with Crippen molar-refractivity contribution < 1.29 is 9.84 Å². The van der Waals surface area contributed by atoms with Gasteiger partial charge in [-0.2, -0.15) is 0 Å². The molecule has 0 amide bonds. The maximum Gasteiger partial charge on any atom is 0.225 e. The number of piperidine rings is 1. The van der Waals surface area contributed by atoms with Crippen LogP contribution in [-0.4, -0.2) is 46.5 Å².